The van der Waals surface area contributed by atoms with Gasteiger partial charge in [-0.15, -0.1) is 0 Å². The van der Waals surface area contributed by atoms with Gasteiger partial charge in [-0.1, -0.05) is 19.4 Å². The first-order valence-corrected chi connectivity index (χ1v) is 11.3. The summed E-state index contributed by atoms with van der Waals surface area (Å²) in [6.07, 6.45) is 8.58. The van der Waals surface area contributed by atoms with Gasteiger partial charge in [0.15, 0.2) is 5.78 Å². The van der Waals surface area contributed by atoms with Crippen molar-refractivity contribution in [2.24, 2.45) is 11.8 Å². The lowest BCUT2D eigenvalue weighted by atomic mass is 9.83. The van der Waals surface area contributed by atoms with Crippen LogP contribution < -0.4 is 5.32 Å². The number of nitrogens with zero attached hydrogens (tertiary/aromatic N) is 1. The fourth-order valence-electron chi connectivity index (χ4n) is 5.01. The van der Waals surface area contributed by atoms with Crippen LogP contribution in [-0.2, 0) is 14.3 Å². The highest BCUT2D eigenvalue weighted by Gasteiger charge is 2.36. The molecule has 1 amide bonds. The van der Waals surface area contributed by atoms with E-state index < -0.39 is 5.54 Å². The Balaban J connectivity index is 1.47. The highest BCUT2D eigenvalue weighted by atomic mass is 16.5. The second kappa shape index (κ2) is 9.41. The van der Waals surface area contributed by atoms with Crippen molar-refractivity contribution >= 4 is 17.5 Å². The van der Waals surface area contributed by atoms with Gasteiger partial charge in [-0.2, -0.15) is 0 Å². The number of amidine groups is 1. The van der Waals surface area contributed by atoms with Crippen molar-refractivity contribution in [1.82, 2.24) is 10.2 Å². The number of Topliss-reactive ketones (excluding diaryl/α,β-unsaturated/α-hetero) is 1. The molecule has 3 rings (SSSR count). The summed E-state index contributed by atoms with van der Waals surface area (Å²) in [5, 5.41) is 11.4. The van der Waals surface area contributed by atoms with E-state index in [9.17, 15) is 9.59 Å². The second-order valence-corrected chi connectivity index (χ2v) is 9.68. The van der Waals surface area contributed by atoms with Gasteiger partial charge < -0.3 is 15.0 Å². The lowest BCUT2D eigenvalue weighted by Crippen LogP contribution is -2.51. The molecular formula is C23H37N3O3. The van der Waals surface area contributed by atoms with Crippen LogP contribution in [0.3, 0.4) is 0 Å². The zero-order valence-corrected chi connectivity index (χ0v) is 18.3. The number of allylic oxidation sites excluding steroid dienone is 1. The maximum atomic E-state index is 12.9. The molecule has 0 aliphatic carbocycles. The maximum absolute atomic E-state index is 12.9. The predicted molar refractivity (Wildman–Crippen MR) is 114 cm³/mol. The molecule has 0 spiro atoms. The molecule has 0 saturated carbocycles. The van der Waals surface area contributed by atoms with Gasteiger partial charge >= 0.3 is 0 Å². The Morgan fingerprint density at radius 3 is 2.69 bits per heavy atom. The van der Waals surface area contributed by atoms with Crippen molar-refractivity contribution in [3.63, 3.8) is 0 Å². The summed E-state index contributed by atoms with van der Waals surface area (Å²) in [5.74, 6) is 1.69. The molecule has 3 aliphatic rings. The number of amides is 1. The largest absolute Gasteiger partial charge is 0.368 e. The van der Waals surface area contributed by atoms with E-state index in [2.05, 4.69) is 19.2 Å². The van der Waals surface area contributed by atoms with Gasteiger partial charge in [-0.05, 0) is 69.8 Å². The maximum Gasteiger partial charge on any atom is 0.251 e. The fraction of sp³-hybridized carbons (Fsp3) is 0.783. The van der Waals surface area contributed by atoms with Crippen LogP contribution >= 0.6 is 0 Å². The predicted octanol–water partition coefficient (Wildman–Crippen LogP) is 3.46. The van der Waals surface area contributed by atoms with E-state index >= 15 is 0 Å². The Bertz CT molecular complexity index is 658. The number of hydrogen-bond acceptors (Lipinski definition) is 4. The SMILES string of the molecule is CC(C)CC1(C)NC(=N)C=C(CCC2CCN(C(=O)C3CCCO3)CC2)CC1=O. The first-order valence-electron chi connectivity index (χ1n) is 11.3. The third kappa shape index (κ3) is 5.68. The van der Waals surface area contributed by atoms with Crippen LogP contribution in [0.1, 0.15) is 72.1 Å². The Labute approximate surface area is 174 Å². The highest BCUT2D eigenvalue weighted by molar-refractivity contribution is 6.01. The van der Waals surface area contributed by atoms with Crippen molar-refractivity contribution in [1.29, 1.82) is 5.41 Å². The molecule has 29 heavy (non-hydrogen) atoms. The smallest absolute Gasteiger partial charge is 0.251 e. The molecule has 6 heteroatoms. The van der Waals surface area contributed by atoms with Gasteiger partial charge in [0.1, 0.15) is 11.9 Å². The number of likely N-dealkylation sites (tertiary alicyclic amines) is 1. The minimum absolute atomic E-state index is 0.169. The summed E-state index contributed by atoms with van der Waals surface area (Å²) < 4.78 is 5.54. The number of piperidine rings is 1. The van der Waals surface area contributed by atoms with Gasteiger partial charge in [0.2, 0.25) is 0 Å². The van der Waals surface area contributed by atoms with E-state index in [-0.39, 0.29) is 17.8 Å². The molecule has 162 valence electrons. The van der Waals surface area contributed by atoms with Crippen molar-refractivity contribution < 1.29 is 14.3 Å². The van der Waals surface area contributed by atoms with Crippen LogP contribution in [0.25, 0.3) is 0 Å². The zero-order valence-electron chi connectivity index (χ0n) is 18.3. The second-order valence-electron chi connectivity index (χ2n) is 9.68. The number of hydrogen-bond donors (Lipinski definition) is 2. The number of ether oxygens (including phenoxy) is 1. The Kier molecular flexibility index (Phi) is 7.14. The Morgan fingerprint density at radius 1 is 1.34 bits per heavy atom. The minimum Gasteiger partial charge on any atom is -0.368 e. The normalized spacial score (nSPS) is 29.0. The van der Waals surface area contributed by atoms with Crippen molar-refractivity contribution in [2.45, 2.75) is 83.8 Å². The van der Waals surface area contributed by atoms with E-state index in [4.69, 9.17) is 10.1 Å². The van der Waals surface area contributed by atoms with Gasteiger partial charge in [0, 0.05) is 26.1 Å². The number of carbonyl (C=O) groups excluding carboxylic acids is 2. The summed E-state index contributed by atoms with van der Waals surface area (Å²) in [4.78, 5) is 27.3. The molecule has 2 saturated heterocycles. The van der Waals surface area contributed by atoms with Crippen LogP contribution in [0.2, 0.25) is 0 Å². The molecule has 2 fully saturated rings. The first kappa shape index (κ1) is 22.0. The van der Waals surface area contributed by atoms with Crippen LogP contribution in [0.4, 0.5) is 0 Å². The minimum atomic E-state index is -0.641. The van der Waals surface area contributed by atoms with Crippen LogP contribution in [0, 0.1) is 17.2 Å². The summed E-state index contributed by atoms with van der Waals surface area (Å²) in [6.45, 7) is 8.48. The van der Waals surface area contributed by atoms with E-state index in [1.165, 1.54) is 0 Å². The summed E-state index contributed by atoms with van der Waals surface area (Å²) in [7, 11) is 0. The molecule has 0 radical (unpaired) electrons. The third-order valence-corrected chi connectivity index (χ3v) is 6.58. The van der Waals surface area contributed by atoms with E-state index in [0.717, 1.165) is 63.6 Å². The fourth-order valence-corrected chi connectivity index (χ4v) is 5.01. The van der Waals surface area contributed by atoms with E-state index in [1.54, 1.807) is 0 Å². The average Bonchev–Trinajstić information content (AvgIpc) is 3.16. The molecule has 2 unspecified atom stereocenters. The van der Waals surface area contributed by atoms with Gasteiger partial charge in [-0.3, -0.25) is 15.0 Å². The number of nitrogens with one attached hydrogen (secondary N) is 2. The molecule has 6 nitrogen and oxygen atoms in total. The standard InChI is InChI=1S/C23H37N3O3/c1-16(2)15-23(3)20(27)13-18(14-21(24)25-23)7-6-17-8-10-26(11-9-17)22(28)19-5-4-12-29-19/h14,16-17,19H,4-13,15H2,1-3H3,(H2,24,25). The molecule has 0 aromatic heterocycles. The molecule has 0 aromatic carbocycles. The number of carbonyl (C=O) groups is 2. The Morgan fingerprint density at radius 2 is 2.07 bits per heavy atom. The molecule has 3 heterocycles. The van der Waals surface area contributed by atoms with Gasteiger partial charge in [0.25, 0.3) is 5.91 Å². The molecule has 0 bridgehead atoms. The first-order chi connectivity index (χ1) is 13.8. The summed E-state index contributed by atoms with van der Waals surface area (Å²) in [6, 6.07) is 0. The van der Waals surface area contributed by atoms with Gasteiger partial charge in [0.05, 0.1) is 5.54 Å². The number of ketones is 1. The lowest BCUT2D eigenvalue weighted by Gasteiger charge is -2.33. The lowest BCUT2D eigenvalue weighted by molar-refractivity contribution is -0.142. The Hall–Kier alpha value is -1.69. The quantitative estimate of drug-likeness (QED) is 0.712. The molecule has 0 aromatic rings. The summed E-state index contributed by atoms with van der Waals surface area (Å²) in [5.41, 5.74) is 0.426. The monoisotopic (exact) mass is 403 g/mol. The third-order valence-electron chi connectivity index (χ3n) is 6.58. The van der Waals surface area contributed by atoms with E-state index in [1.807, 2.05) is 17.9 Å². The number of rotatable bonds is 6. The van der Waals surface area contributed by atoms with Gasteiger partial charge in [-0.25, -0.2) is 0 Å². The van der Waals surface area contributed by atoms with Crippen LogP contribution in [0.15, 0.2) is 11.6 Å². The van der Waals surface area contributed by atoms with Crippen molar-refractivity contribution in [3.05, 3.63) is 11.6 Å². The molecule has 2 atom stereocenters. The van der Waals surface area contributed by atoms with Crippen LogP contribution in [-0.4, -0.2) is 53.8 Å². The van der Waals surface area contributed by atoms with Crippen LogP contribution in [0.5, 0.6) is 0 Å². The topological polar surface area (TPSA) is 82.5 Å². The highest BCUT2D eigenvalue weighted by Crippen LogP contribution is 2.29. The van der Waals surface area contributed by atoms with Crippen molar-refractivity contribution in [3.8, 4) is 0 Å². The van der Waals surface area contributed by atoms with E-state index in [0.29, 0.717) is 30.7 Å². The molecule has 2 N–H and O–H groups in total. The zero-order chi connectivity index (χ0) is 21.0. The molecule has 3 aliphatic heterocycles. The summed E-state index contributed by atoms with van der Waals surface area (Å²) >= 11 is 0. The van der Waals surface area contributed by atoms with Crippen molar-refractivity contribution in [2.75, 3.05) is 19.7 Å². The molecular weight excluding hydrogens is 366 g/mol. The average molecular weight is 404 g/mol.